The fourth-order valence-electron chi connectivity index (χ4n) is 1.16. The lowest BCUT2D eigenvalue weighted by Crippen LogP contribution is -2.11. The molecule has 0 unspecified atom stereocenters. The Labute approximate surface area is 149 Å². The summed E-state index contributed by atoms with van der Waals surface area (Å²) in [4.78, 5) is 42.5. The highest BCUT2D eigenvalue weighted by molar-refractivity contribution is 5.91. The van der Waals surface area contributed by atoms with Crippen LogP contribution in [-0.2, 0) is 19.1 Å². The number of carboxylic acids is 2. The lowest BCUT2D eigenvalue weighted by molar-refractivity contribution is -0.148. The van der Waals surface area contributed by atoms with Gasteiger partial charge in [0.2, 0.25) is 0 Å². The van der Waals surface area contributed by atoms with Crippen molar-refractivity contribution in [1.29, 1.82) is 0 Å². The van der Waals surface area contributed by atoms with Gasteiger partial charge in [0.05, 0.1) is 11.1 Å². The zero-order valence-electron chi connectivity index (χ0n) is 14.3. The van der Waals surface area contributed by atoms with Gasteiger partial charge in [-0.25, -0.2) is 19.2 Å². The molecule has 0 fully saturated rings. The van der Waals surface area contributed by atoms with Gasteiger partial charge in [0, 0.05) is 11.1 Å². The molecule has 0 radical (unpaired) electrons. The van der Waals surface area contributed by atoms with Crippen LogP contribution in [0, 0.1) is 0 Å². The molecule has 1 aromatic rings. The van der Waals surface area contributed by atoms with Crippen molar-refractivity contribution in [3.05, 3.63) is 72.2 Å². The summed E-state index contributed by atoms with van der Waals surface area (Å²) in [6.07, 6.45) is 0. The molecule has 1 rings (SSSR count). The van der Waals surface area contributed by atoms with Crippen molar-refractivity contribution in [2.45, 2.75) is 13.8 Å². The fraction of sp³-hybridized carbons (Fsp3) is 0.111. The molecule has 0 aromatic heterocycles. The number of hydrogen-bond donors (Lipinski definition) is 2. The van der Waals surface area contributed by atoms with Crippen molar-refractivity contribution < 1.29 is 38.9 Å². The Morgan fingerprint density at radius 2 is 1.00 bits per heavy atom. The van der Waals surface area contributed by atoms with Crippen molar-refractivity contribution in [2.75, 3.05) is 0 Å². The smallest absolute Gasteiger partial charge is 0.340 e. The first-order chi connectivity index (χ1) is 12.0. The molecule has 0 bridgehead atoms. The van der Waals surface area contributed by atoms with E-state index >= 15 is 0 Å². The number of carboxylic acid groups (broad SMARTS) is 2. The minimum Gasteiger partial charge on any atom is -0.478 e. The third kappa shape index (κ3) is 8.25. The summed E-state index contributed by atoms with van der Waals surface area (Å²) >= 11 is 0. The number of carbonyl (C=O) groups excluding carboxylic acids is 2. The van der Waals surface area contributed by atoms with E-state index in [1.165, 1.54) is 38.1 Å². The lowest BCUT2D eigenvalue weighted by Gasteiger charge is -2.06. The maximum absolute atomic E-state index is 10.9. The van der Waals surface area contributed by atoms with Crippen LogP contribution in [0.15, 0.2) is 61.1 Å². The molecule has 0 aliphatic rings. The molecular formula is C18H18O8. The number of esters is 2. The summed E-state index contributed by atoms with van der Waals surface area (Å²) < 4.78 is 9.03. The number of ether oxygens (including phenoxy) is 2. The molecule has 26 heavy (non-hydrogen) atoms. The Kier molecular flexibility index (Phi) is 8.79. The molecule has 0 aliphatic carbocycles. The summed E-state index contributed by atoms with van der Waals surface area (Å²) in [7, 11) is 0. The molecule has 8 nitrogen and oxygen atoms in total. The third-order valence-corrected chi connectivity index (χ3v) is 2.49. The van der Waals surface area contributed by atoms with E-state index in [-0.39, 0.29) is 28.2 Å². The fourth-order valence-corrected chi connectivity index (χ4v) is 1.16. The molecular weight excluding hydrogens is 344 g/mol. The van der Waals surface area contributed by atoms with Crippen molar-refractivity contribution in [1.82, 2.24) is 0 Å². The Balaban J connectivity index is 0.000000485. The van der Waals surface area contributed by atoms with Gasteiger partial charge in [-0.2, -0.15) is 0 Å². The molecule has 8 heteroatoms. The van der Waals surface area contributed by atoms with E-state index in [4.69, 9.17) is 10.2 Å². The first-order valence-corrected chi connectivity index (χ1v) is 6.96. The van der Waals surface area contributed by atoms with Crippen LogP contribution in [0.3, 0.4) is 0 Å². The first kappa shape index (κ1) is 22.3. The molecule has 0 heterocycles. The lowest BCUT2D eigenvalue weighted by atomic mass is 10.1. The van der Waals surface area contributed by atoms with Crippen molar-refractivity contribution in [2.24, 2.45) is 0 Å². The van der Waals surface area contributed by atoms with E-state index in [1.54, 1.807) is 0 Å². The minimum absolute atomic E-state index is 0.0833. The summed E-state index contributed by atoms with van der Waals surface area (Å²) in [6, 6.07) is 5.02. The third-order valence-electron chi connectivity index (χ3n) is 2.49. The topological polar surface area (TPSA) is 127 Å². The maximum Gasteiger partial charge on any atom is 0.340 e. The summed E-state index contributed by atoms with van der Waals surface area (Å²) in [5, 5.41) is 16.9. The Morgan fingerprint density at radius 1 is 0.731 bits per heavy atom. The summed E-state index contributed by atoms with van der Waals surface area (Å²) in [5.41, 5.74) is 0.551. The van der Waals surface area contributed by atoms with Crippen LogP contribution in [0.2, 0.25) is 0 Å². The van der Waals surface area contributed by atoms with Gasteiger partial charge in [0.1, 0.15) is 0 Å². The molecule has 0 amide bonds. The monoisotopic (exact) mass is 362 g/mol. The van der Waals surface area contributed by atoms with Crippen LogP contribution in [0.5, 0.6) is 0 Å². The highest BCUT2D eigenvalue weighted by Gasteiger charge is 2.11. The highest BCUT2D eigenvalue weighted by atomic mass is 16.7. The van der Waals surface area contributed by atoms with E-state index in [9.17, 15) is 19.2 Å². The quantitative estimate of drug-likeness (QED) is 0.449. The number of aromatic carboxylic acids is 2. The Hall–Kier alpha value is -3.68. The maximum atomic E-state index is 10.9. The van der Waals surface area contributed by atoms with Gasteiger partial charge >= 0.3 is 23.9 Å². The summed E-state index contributed by atoms with van der Waals surface area (Å²) in [6.45, 7) is 12.9. The second-order valence-corrected chi connectivity index (χ2v) is 4.90. The second kappa shape index (κ2) is 10.2. The van der Waals surface area contributed by atoms with Crippen LogP contribution in [0.4, 0.5) is 0 Å². The normalized spacial score (nSPS) is 9.00. The molecule has 0 aliphatic heterocycles. The Bertz CT molecular complexity index is 693. The van der Waals surface area contributed by atoms with Crippen molar-refractivity contribution in [3.63, 3.8) is 0 Å². The number of benzene rings is 1. The van der Waals surface area contributed by atoms with Crippen LogP contribution in [0.25, 0.3) is 0 Å². The number of carbonyl (C=O) groups is 4. The number of rotatable bonds is 6. The number of hydrogen-bond acceptors (Lipinski definition) is 6. The minimum atomic E-state index is -1.06. The first-order valence-electron chi connectivity index (χ1n) is 6.96. The van der Waals surface area contributed by atoms with Gasteiger partial charge in [-0.1, -0.05) is 13.2 Å². The molecule has 2 N–H and O–H groups in total. The summed E-state index contributed by atoms with van der Waals surface area (Å²) in [5.74, 6) is -3.89. The molecule has 138 valence electrons. The zero-order valence-corrected chi connectivity index (χ0v) is 14.3. The van der Waals surface area contributed by atoms with E-state index < -0.39 is 23.9 Å². The van der Waals surface area contributed by atoms with E-state index in [0.29, 0.717) is 0 Å². The van der Waals surface area contributed by atoms with Gasteiger partial charge < -0.3 is 19.7 Å². The van der Waals surface area contributed by atoms with Crippen LogP contribution >= 0.6 is 0 Å². The van der Waals surface area contributed by atoms with Gasteiger partial charge in [0.25, 0.3) is 5.95 Å². The van der Waals surface area contributed by atoms with E-state index in [1.807, 2.05) is 0 Å². The van der Waals surface area contributed by atoms with Crippen molar-refractivity contribution in [3.8, 4) is 0 Å². The largest absolute Gasteiger partial charge is 0.478 e. The molecule has 0 saturated carbocycles. The average Bonchev–Trinajstić information content (AvgIpc) is 2.54. The van der Waals surface area contributed by atoms with Gasteiger partial charge in [-0.05, 0) is 44.7 Å². The SMILES string of the molecule is C=C(OC(=O)C(=C)C)OC(=O)C(=C)C.O=C(O)c1ccc(C(=O)O)cc1. The second-order valence-electron chi connectivity index (χ2n) is 4.90. The van der Waals surface area contributed by atoms with Crippen molar-refractivity contribution >= 4 is 23.9 Å². The predicted molar refractivity (Wildman–Crippen MR) is 91.3 cm³/mol. The van der Waals surface area contributed by atoms with E-state index in [0.717, 1.165) is 0 Å². The van der Waals surface area contributed by atoms with Crippen LogP contribution < -0.4 is 0 Å². The highest BCUT2D eigenvalue weighted by Crippen LogP contribution is 2.05. The molecule has 1 aromatic carbocycles. The average molecular weight is 362 g/mol. The van der Waals surface area contributed by atoms with Crippen LogP contribution in [-0.4, -0.2) is 34.1 Å². The van der Waals surface area contributed by atoms with Gasteiger partial charge in [-0.3, -0.25) is 0 Å². The zero-order chi connectivity index (χ0) is 20.4. The predicted octanol–water partition coefficient (Wildman–Crippen LogP) is 2.78. The molecule has 0 spiro atoms. The standard InChI is InChI=1S/C10H12O4.C8H6O4/c1-6(2)9(11)13-8(5)14-10(12)7(3)4;9-7(10)5-1-2-6(4-3-5)8(11)12/h1,3,5H2,2,4H3;1-4H,(H,9,10)(H,11,12). The molecule has 0 atom stereocenters. The molecule has 0 saturated heterocycles. The van der Waals surface area contributed by atoms with E-state index in [2.05, 4.69) is 29.2 Å². The van der Waals surface area contributed by atoms with Crippen LogP contribution in [0.1, 0.15) is 34.6 Å². The van der Waals surface area contributed by atoms with Gasteiger partial charge in [-0.15, -0.1) is 0 Å². The van der Waals surface area contributed by atoms with Gasteiger partial charge in [0.15, 0.2) is 0 Å². The Morgan fingerprint density at radius 3 is 1.19 bits per heavy atom.